The van der Waals surface area contributed by atoms with Crippen LogP contribution in [-0.2, 0) is 9.53 Å². The number of rotatable bonds is 6. The summed E-state index contributed by atoms with van der Waals surface area (Å²) in [5.41, 5.74) is 0.279. The van der Waals surface area contributed by atoms with E-state index in [4.69, 9.17) is 9.47 Å². The van der Waals surface area contributed by atoms with Gasteiger partial charge in [0.05, 0.1) is 13.2 Å². The molecule has 0 aromatic heterocycles. The minimum atomic E-state index is -0.837. The van der Waals surface area contributed by atoms with Crippen molar-refractivity contribution in [3.8, 4) is 5.75 Å². The number of ether oxygens (including phenoxy) is 2. The van der Waals surface area contributed by atoms with Crippen molar-refractivity contribution >= 4 is 27.7 Å². The summed E-state index contributed by atoms with van der Waals surface area (Å²) < 4.78 is 11.1. The topological polar surface area (TPSA) is 52.6 Å². The highest BCUT2D eigenvalue weighted by atomic mass is 79.9. The fourth-order valence-corrected chi connectivity index (χ4v) is 2.44. The van der Waals surface area contributed by atoms with Crippen molar-refractivity contribution < 1.29 is 19.1 Å². The molecule has 0 unspecified atom stereocenters. The van der Waals surface area contributed by atoms with Crippen molar-refractivity contribution in [2.24, 2.45) is 5.92 Å². The summed E-state index contributed by atoms with van der Waals surface area (Å²) in [4.78, 5) is 23.4. The molecule has 108 valence electrons. The number of esters is 1. The average molecular weight is 341 g/mol. The number of carbonyl (C=O) groups is 2. The number of benzene rings is 1. The Kier molecular flexibility index (Phi) is 5.17. The van der Waals surface area contributed by atoms with Gasteiger partial charge in [-0.2, -0.15) is 0 Å². The Labute approximate surface area is 126 Å². The van der Waals surface area contributed by atoms with Crippen molar-refractivity contribution in [2.45, 2.75) is 26.2 Å². The van der Waals surface area contributed by atoms with Gasteiger partial charge < -0.3 is 9.47 Å². The number of hydrogen-bond donors (Lipinski definition) is 0. The van der Waals surface area contributed by atoms with Gasteiger partial charge >= 0.3 is 5.97 Å². The van der Waals surface area contributed by atoms with Crippen LogP contribution in [0.25, 0.3) is 0 Å². The Hall–Kier alpha value is -1.36. The summed E-state index contributed by atoms with van der Waals surface area (Å²) >= 11 is 3.32. The Morgan fingerprint density at radius 3 is 2.65 bits per heavy atom. The summed E-state index contributed by atoms with van der Waals surface area (Å²) in [7, 11) is 0. The first-order valence-electron chi connectivity index (χ1n) is 6.75. The SMILES string of the molecule is CCOC(=O)C(=O)c1cc(Br)cc(OCC2CCC2)c1. The molecule has 0 heterocycles. The molecule has 1 aromatic carbocycles. The molecular formula is C15H17BrO4. The summed E-state index contributed by atoms with van der Waals surface area (Å²) in [6.45, 7) is 2.51. The van der Waals surface area contributed by atoms with Crippen LogP contribution in [0.2, 0.25) is 0 Å². The fourth-order valence-electron chi connectivity index (χ4n) is 1.97. The quantitative estimate of drug-likeness (QED) is 0.452. The maximum atomic E-state index is 11.9. The third-order valence-corrected chi connectivity index (χ3v) is 3.76. The first kappa shape index (κ1) is 15.0. The lowest BCUT2D eigenvalue weighted by Gasteiger charge is -2.25. The predicted octanol–water partition coefficient (Wildman–Crippen LogP) is 3.37. The van der Waals surface area contributed by atoms with E-state index in [2.05, 4.69) is 15.9 Å². The number of carbonyl (C=O) groups excluding carboxylic acids is 2. The number of hydrogen-bond acceptors (Lipinski definition) is 4. The molecule has 1 saturated carbocycles. The Morgan fingerprint density at radius 1 is 1.30 bits per heavy atom. The second kappa shape index (κ2) is 6.88. The molecule has 4 nitrogen and oxygen atoms in total. The highest BCUT2D eigenvalue weighted by Gasteiger charge is 2.20. The van der Waals surface area contributed by atoms with E-state index in [1.165, 1.54) is 19.3 Å². The van der Waals surface area contributed by atoms with Crippen molar-refractivity contribution in [3.05, 3.63) is 28.2 Å². The monoisotopic (exact) mass is 340 g/mol. The first-order chi connectivity index (χ1) is 9.60. The van der Waals surface area contributed by atoms with Gasteiger partial charge in [-0.15, -0.1) is 0 Å². The molecular weight excluding hydrogens is 324 g/mol. The fraction of sp³-hybridized carbons (Fsp3) is 0.467. The summed E-state index contributed by atoms with van der Waals surface area (Å²) in [5.74, 6) is -0.283. The molecule has 0 spiro atoms. The van der Waals surface area contributed by atoms with Crippen molar-refractivity contribution in [1.82, 2.24) is 0 Å². The second-order valence-corrected chi connectivity index (χ2v) is 5.75. The van der Waals surface area contributed by atoms with Gasteiger partial charge in [0.15, 0.2) is 0 Å². The molecule has 0 saturated heterocycles. The number of ketones is 1. The smallest absolute Gasteiger partial charge is 0.379 e. The average Bonchev–Trinajstić information content (AvgIpc) is 2.35. The van der Waals surface area contributed by atoms with Crippen LogP contribution in [0.4, 0.5) is 0 Å². The van der Waals surface area contributed by atoms with E-state index in [1.54, 1.807) is 25.1 Å². The van der Waals surface area contributed by atoms with E-state index >= 15 is 0 Å². The normalized spacial score (nSPS) is 14.5. The van der Waals surface area contributed by atoms with Crippen LogP contribution in [0.5, 0.6) is 5.75 Å². The van der Waals surface area contributed by atoms with Gasteiger partial charge in [-0.1, -0.05) is 22.4 Å². The lowest BCUT2D eigenvalue weighted by Crippen LogP contribution is -2.20. The minimum Gasteiger partial charge on any atom is -0.493 e. The van der Waals surface area contributed by atoms with E-state index in [9.17, 15) is 9.59 Å². The Morgan fingerprint density at radius 2 is 2.05 bits per heavy atom. The zero-order valence-corrected chi connectivity index (χ0v) is 12.9. The van der Waals surface area contributed by atoms with Gasteiger partial charge in [0.1, 0.15) is 5.75 Å². The zero-order chi connectivity index (χ0) is 14.5. The summed E-state index contributed by atoms with van der Waals surface area (Å²) in [5, 5.41) is 0. The Balaban J connectivity index is 2.06. The van der Waals surface area contributed by atoms with E-state index in [-0.39, 0.29) is 12.2 Å². The van der Waals surface area contributed by atoms with Crippen LogP contribution in [0, 0.1) is 5.92 Å². The van der Waals surface area contributed by atoms with E-state index < -0.39 is 11.8 Å². The van der Waals surface area contributed by atoms with Crippen molar-refractivity contribution in [3.63, 3.8) is 0 Å². The molecule has 0 atom stereocenters. The molecule has 1 aliphatic carbocycles. The van der Waals surface area contributed by atoms with Gasteiger partial charge in [0.25, 0.3) is 5.78 Å². The molecule has 5 heteroatoms. The standard InChI is InChI=1S/C15H17BrO4/c1-2-19-15(18)14(17)11-6-12(16)8-13(7-11)20-9-10-4-3-5-10/h6-8,10H,2-5,9H2,1H3. The third kappa shape index (κ3) is 3.82. The molecule has 0 N–H and O–H groups in total. The van der Waals surface area contributed by atoms with Crippen molar-refractivity contribution in [2.75, 3.05) is 13.2 Å². The van der Waals surface area contributed by atoms with Gasteiger partial charge in [-0.3, -0.25) is 4.79 Å². The molecule has 0 aliphatic heterocycles. The molecule has 20 heavy (non-hydrogen) atoms. The molecule has 0 amide bonds. The molecule has 0 radical (unpaired) electrons. The van der Waals surface area contributed by atoms with Crippen molar-refractivity contribution in [1.29, 1.82) is 0 Å². The lowest BCUT2D eigenvalue weighted by molar-refractivity contribution is -0.137. The highest BCUT2D eigenvalue weighted by Crippen LogP contribution is 2.28. The largest absolute Gasteiger partial charge is 0.493 e. The van der Waals surface area contributed by atoms with Gasteiger partial charge in [-0.25, -0.2) is 4.79 Å². The molecule has 1 fully saturated rings. The van der Waals surface area contributed by atoms with Crippen LogP contribution in [0.1, 0.15) is 36.5 Å². The van der Waals surface area contributed by atoms with E-state index in [0.717, 1.165) is 0 Å². The zero-order valence-electron chi connectivity index (χ0n) is 11.4. The molecule has 0 bridgehead atoms. The first-order valence-corrected chi connectivity index (χ1v) is 7.54. The maximum Gasteiger partial charge on any atom is 0.379 e. The lowest BCUT2D eigenvalue weighted by atomic mass is 9.86. The molecule has 1 aliphatic rings. The number of halogens is 1. The van der Waals surface area contributed by atoms with Crippen LogP contribution in [0.15, 0.2) is 22.7 Å². The molecule has 1 aromatic rings. The molecule has 2 rings (SSSR count). The minimum absolute atomic E-state index is 0.184. The van der Waals surface area contributed by atoms with E-state index in [0.29, 0.717) is 22.7 Å². The Bertz CT molecular complexity index is 509. The van der Waals surface area contributed by atoms with Gasteiger partial charge in [-0.05, 0) is 43.9 Å². The second-order valence-electron chi connectivity index (χ2n) is 4.83. The predicted molar refractivity (Wildman–Crippen MR) is 77.9 cm³/mol. The van der Waals surface area contributed by atoms with Crippen LogP contribution in [-0.4, -0.2) is 25.0 Å². The maximum absolute atomic E-state index is 11.9. The van der Waals surface area contributed by atoms with Gasteiger partial charge in [0.2, 0.25) is 0 Å². The number of Topliss-reactive ketones (excluding diaryl/α,β-unsaturated/α-hetero) is 1. The summed E-state index contributed by atoms with van der Waals surface area (Å²) in [6.07, 6.45) is 3.66. The third-order valence-electron chi connectivity index (χ3n) is 3.30. The van der Waals surface area contributed by atoms with E-state index in [1.807, 2.05) is 0 Å². The van der Waals surface area contributed by atoms with Crippen LogP contribution >= 0.6 is 15.9 Å². The highest BCUT2D eigenvalue weighted by molar-refractivity contribution is 9.10. The summed E-state index contributed by atoms with van der Waals surface area (Å²) in [6, 6.07) is 4.97. The van der Waals surface area contributed by atoms with Crippen LogP contribution < -0.4 is 4.74 Å². The van der Waals surface area contributed by atoms with Crippen LogP contribution in [0.3, 0.4) is 0 Å². The van der Waals surface area contributed by atoms with Gasteiger partial charge in [0, 0.05) is 10.0 Å².